The van der Waals surface area contributed by atoms with E-state index in [4.69, 9.17) is 0 Å². The van der Waals surface area contributed by atoms with E-state index in [0.29, 0.717) is 0 Å². The zero-order chi connectivity index (χ0) is 43.7. The standard InChI is InChI=1S/C60H53BN2S/c1-58(2,3)42-27-31-50(47(36-42)39-20-12-9-13-21-39)62-52-35-41-22-14-15-23-44(41)54-45-29-26-40(38-18-10-8-11-19-38)34-51(45)63(43-28-30-48-49(37-43)60(6,7)33-32-59(48,4)5)61(55(52)54)57-56(62)46-24-16-17-25-53(46)64-57/h8-31,34-37H,32-33H2,1-7H3. The second kappa shape index (κ2) is 14.1. The minimum absolute atomic E-state index is 0.0150. The maximum atomic E-state index is 2.74. The molecule has 3 aliphatic rings. The number of fused-ring (bicyclic) bond motifs is 9. The Morgan fingerprint density at radius 3 is 1.95 bits per heavy atom. The van der Waals surface area contributed by atoms with Gasteiger partial charge in [0.05, 0.1) is 11.4 Å². The van der Waals surface area contributed by atoms with Gasteiger partial charge in [0, 0.05) is 43.1 Å². The van der Waals surface area contributed by atoms with E-state index in [-0.39, 0.29) is 23.1 Å². The topological polar surface area (TPSA) is 6.48 Å². The lowest BCUT2D eigenvalue weighted by molar-refractivity contribution is 0.332. The van der Waals surface area contributed by atoms with Crippen LogP contribution in [0.1, 0.15) is 78.0 Å². The Morgan fingerprint density at radius 2 is 1.20 bits per heavy atom. The van der Waals surface area contributed by atoms with Gasteiger partial charge in [0.25, 0.3) is 0 Å². The lowest BCUT2D eigenvalue weighted by atomic mass is 9.46. The van der Waals surface area contributed by atoms with Crippen molar-refractivity contribution in [3.8, 4) is 33.4 Å². The molecular weight excluding hydrogens is 792 g/mol. The maximum absolute atomic E-state index is 2.74. The Bertz CT molecular complexity index is 3340. The molecule has 64 heavy (non-hydrogen) atoms. The third-order valence-corrected chi connectivity index (χ3v) is 16.1. The molecule has 8 aromatic carbocycles. The van der Waals surface area contributed by atoms with Crippen molar-refractivity contribution in [1.29, 1.82) is 0 Å². The van der Waals surface area contributed by atoms with Gasteiger partial charge in [-0.15, -0.1) is 11.3 Å². The minimum atomic E-state index is -0.0800. The van der Waals surface area contributed by atoms with E-state index in [0.717, 1.165) is 0 Å². The van der Waals surface area contributed by atoms with Crippen molar-refractivity contribution in [2.24, 2.45) is 0 Å². The van der Waals surface area contributed by atoms with Crippen LogP contribution in [0.4, 0.5) is 28.4 Å². The lowest BCUT2D eigenvalue weighted by Crippen LogP contribution is -2.60. The fraction of sp³-hybridized carbons (Fsp3) is 0.200. The molecule has 0 N–H and O–H groups in total. The zero-order valence-corrected chi connectivity index (χ0v) is 38.8. The van der Waals surface area contributed by atoms with Gasteiger partial charge in [-0.2, -0.15) is 0 Å². The smallest absolute Gasteiger partial charge is 0.343 e. The highest BCUT2D eigenvalue weighted by atomic mass is 32.1. The summed E-state index contributed by atoms with van der Waals surface area (Å²) in [7, 11) is 0. The molecule has 0 saturated heterocycles. The molecule has 9 aromatic rings. The molecular formula is C60H53BN2S. The third kappa shape index (κ3) is 5.91. The molecule has 0 spiro atoms. The van der Waals surface area contributed by atoms with Gasteiger partial charge in [0.15, 0.2) is 0 Å². The number of thiophene rings is 1. The van der Waals surface area contributed by atoms with Gasteiger partial charge < -0.3 is 9.71 Å². The summed E-state index contributed by atoms with van der Waals surface area (Å²) in [5, 5.41) is 3.84. The number of hydrogen-bond donors (Lipinski definition) is 0. The molecule has 0 atom stereocenters. The normalized spacial score (nSPS) is 15.8. The van der Waals surface area contributed by atoms with Crippen molar-refractivity contribution in [3.63, 3.8) is 0 Å². The van der Waals surface area contributed by atoms with Crippen LogP contribution in [0, 0.1) is 0 Å². The van der Waals surface area contributed by atoms with Gasteiger partial charge in [-0.25, -0.2) is 0 Å². The summed E-state index contributed by atoms with van der Waals surface area (Å²) < 4.78 is 2.68. The van der Waals surface area contributed by atoms with E-state index in [9.17, 15) is 0 Å². The summed E-state index contributed by atoms with van der Waals surface area (Å²) >= 11 is 1.97. The van der Waals surface area contributed by atoms with Crippen LogP contribution in [-0.4, -0.2) is 6.85 Å². The Labute approximate surface area is 383 Å². The summed E-state index contributed by atoms with van der Waals surface area (Å²) in [6.45, 7) is 16.7. The van der Waals surface area contributed by atoms with E-state index >= 15 is 0 Å². The van der Waals surface area contributed by atoms with E-state index in [1.54, 1.807) is 0 Å². The molecule has 0 amide bonds. The summed E-state index contributed by atoms with van der Waals surface area (Å²) in [6, 6.07) is 64.7. The molecule has 0 unspecified atom stereocenters. The van der Waals surface area contributed by atoms with E-state index in [2.05, 4.69) is 228 Å². The number of benzene rings is 8. The number of nitrogens with zero attached hydrogens (tertiary/aromatic N) is 2. The van der Waals surface area contributed by atoms with Crippen molar-refractivity contribution >= 4 is 77.7 Å². The molecule has 312 valence electrons. The monoisotopic (exact) mass is 844 g/mol. The first-order chi connectivity index (χ1) is 30.9. The lowest BCUT2D eigenvalue weighted by Gasteiger charge is -2.46. The summed E-state index contributed by atoms with van der Waals surface area (Å²) in [5.74, 6) is 0. The van der Waals surface area contributed by atoms with Crippen LogP contribution in [0.25, 0.3) is 54.2 Å². The van der Waals surface area contributed by atoms with Crippen LogP contribution in [0.15, 0.2) is 170 Å². The predicted octanol–water partition coefficient (Wildman–Crippen LogP) is 15.7. The number of rotatable bonds is 4. The fourth-order valence-electron chi connectivity index (χ4n) is 11.3. The second-order valence-corrected chi connectivity index (χ2v) is 21.9. The van der Waals surface area contributed by atoms with Gasteiger partial charge in [-0.1, -0.05) is 176 Å². The Kier molecular flexibility index (Phi) is 8.63. The maximum Gasteiger partial charge on any atom is 0.343 e. The highest BCUT2D eigenvalue weighted by Crippen LogP contribution is 2.55. The van der Waals surface area contributed by atoms with Crippen LogP contribution in [-0.2, 0) is 16.2 Å². The summed E-state index contributed by atoms with van der Waals surface area (Å²) in [4.78, 5) is 5.40. The van der Waals surface area contributed by atoms with Crippen molar-refractivity contribution in [2.45, 2.75) is 77.6 Å². The van der Waals surface area contributed by atoms with E-state index in [1.807, 2.05) is 11.3 Å². The van der Waals surface area contributed by atoms with Crippen molar-refractivity contribution < 1.29 is 0 Å². The largest absolute Gasteiger partial charge is 0.376 e. The minimum Gasteiger partial charge on any atom is -0.376 e. The van der Waals surface area contributed by atoms with Crippen LogP contribution in [0.5, 0.6) is 0 Å². The molecule has 12 rings (SSSR count). The fourth-order valence-corrected chi connectivity index (χ4v) is 12.6. The van der Waals surface area contributed by atoms with Crippen LogP contribution in [0.2, 0.25) is 0 Å². The molecule has 4 heteroatoms. The zero-order valence-electron chi connectivity index (χ0n) is 38.0. The summed E-state index contributed by atoms with van der Waals surface area (Å²) in [5.41, 5.74) is 19.6. The molecule has 0 radical (unpaired) electrons. The number of hydrogen-bond acceptors (Lipinski definition) is 3. The highest BCUT2D eigenvalue weighted by Gasteiger charge is 2.48. The molecule has 2 aliphatic heterocycles. The van der Waals surface area contributed by atoms with Gasteiger partial charge in [-0.05, 0) is 127 Å². The quantitative estimate of drug-likeness (QED) is 0.163. The number of anilines is 5. The van der Waals surface area contributed by atoms with Crippen molar-refractivity contribution in [1.82, 2.24) is 0 Å². The van der Waals surface area contributed by atoms with Crippen molar-refractivity contribution in [2.75, 3.05) is 9.71 Å². The first kappa shape index (κ1) is 39.3. The average molecular weight is 845 g/mol. The first-order valence-electron chi connectivity index (χ1n) is 23.1. The average Bonchev–Trinajstić information content (AvgIpc) is 3.69. The van der Waals surface area contributed by atoms with E-state index < -0.39 is 0 Å². The molecule has 3 heterocycles. The van der Waals surface area contributed by atoms with Gasteiger partial charge in [0.2, 0.25) is 0 Å². The first-order valence-corrected chi connectivity index (χ1v) is 23.9. The van der Waals surface area contributed by atoms with Gasteiger partial charge >= 0.3 is 6.85 Å². The van der Waals surface area contributed by atoms with Crippen LogP contribution in [0.3, 0.4) is 0 Å². The van der Waals surface area contributed by atoms with Crippen LogP contribution < -0.4 is 20.0 Å². The molecule has 1 aliphatic carbocycles. The predicted molar refractivity (Wildman–Crippen MR) is 278 cm³/mol. The Balaban J connectivity index is 1.23. The Hall–Kier alpha value is -6.36. The molecule has 1 aromatic heterocycles. The SMILES string of the molecule is CC(C)(C)c1ccc(N2c3cc4ccccc4c4c3B(c3sc5ccccc5c32)N(c2ccc3c(c2)C(C)(C)CCC3(C)C)c2cc(-c3ccccc3)ccc2-4)c(-c2ccccc2)c1. The second-order valence-electron chi connectivity index (χ2n) is 20.8. The summed E-state index contributed by atoms with van der Waals surface area (Å²) in [6.07, 6.45) is 2.36. The van der Waals surface area contributed by atoms with Gasteiger partial charge in [-0.3, -0.25) is 0 Å². The van der Waals surface area contributed by atoms with Gasteiger partial charge in [0.1, 0.15) is 0 Å². The molecule has 0 fully saturated rings. The molecule has 0 bridgehead atoms. The van der Waals surface area contributed by atoms with Crippen molar-refractivity contribution in [3.05, 3.63) is 187 Å². The van der Waals surface area contributed by atoms with E-state index in [1.165, 1.54) is 122 Å². The third-order valence-electron chi connectivity index (χ3n) is 14.8. The highest BCUT2D eigenvalue weighted by molar-refractivity contribution is 7.32. The Morgan fingerprint density at radius 1 is 0.531 bits per heavy atom. The molecule has 2 nitrogen and oxygen atoms in total. The van der Waals surface area contributed by atoms with Crippen LogP contribution >= 0.6 is 11.3 Å². The molecule has 0 saturated carbocycles.